The zero-order valence-corrected chi connectivity index (χ0v) is 16.6. The Morgan fingerprint density at radius 1 is 1.00 bits per heavy atom. The van der Waals surface area contributed by atoms with Gasteiger partial charge < -0.3 is 9.47 Å². The summed E-state index contributed by atoms with van der Waals surface area (Å²) in [7, 11) is 0. The van der Waals surface area contributed by atoms with E-state index in [1.807, 2.05) is 0 Å². The highest BCUT2D eigenvalue weighted by atomic mass is 127. The molecule has 7 atom stereocenters. The summed E-state index contributed by atoms with van der Waals surface area (Å²) in [5, 5.41) is 0. The van der Waals surface area contributed by atoms with Crippen LogP contribution in [0.15, 0.2) is 66.4 Å². The molecule has 0 aromatic heterocycles. The van der Waals surface area contributed by atoms with E-state index in [4.69, 9.17) is 9.47 Å². The van der Waals surface area contributed by atoms with E-state index in [1.165, 1.54) is 17.5 Å². The molecule has 0 N–H and O–H groups in total. The van der Waals surface area contributed by atoms with Gasteiger partial charge >= 0.3 is 0 Å². The van der Waals surface area contributed by atoms with Gasteiger partial charge in [-0.15, -0.1) is 0 Å². The van der Waals surface area contributed by atoms with E-state index in [9.17, 15) is 0 Å². The molecule has 6 rings (SSSR count). The Hall–Kier alpha value is -1.33. The minimum atomic E-state index is -0.462. The van der Waals surface area contributed by atoms with Gasteiger partial charge in [0.1, 0.15) is 5.76 Å². The van der Waals surface area contributed by atoms with E-state index in [2.05, 4.69) is 89.3 Å². The van der Waals surface area contributed by atoms with Crippen LogP contribution in [-0.2, 0) is 15.9 Å². The summed E-state index contributed by atoms with van der Waals surface area (Å²) in [5.74, 6) is 3.09. The molecule has 0 amide bonds. The van der Waals surface area contributed by atoms with Gasteiger partial charge in [-0.1, -0.05) is 83.3 Å². The third kappa shape index (κ3) is 2.07. The fraction of sp³-hybridized carbons (Fsp3) is 0.391. The van der Waals surface area contributed by atoms with Gasteiger partial charge in [0.25, 0.3) is 0 Å². The monoisotopic (exact) mass is 456 g/mol. The minimum absolute atomic E-state index is 0.379. The smallest absolute Gasteiger partial charge is 0.218 e. The maximum Gasteiger partial charge on any atom is 0.218 e. The second-order valence-electron chi connectivity index (χ2n) is 8.18. The van der Waals surface area contributed by atoms with Crippen molar-refractivity contribution in [1.29, 1.82) is 0 Å². The number of ether oxygens (including phenoxy) is 2. The van der Waals surface area contributed by atoms with E-state index in [0.29, 0.717) is 33.7 Å². The Kier molecular flexibility index (Phi) is 3.37. The molecule has 4 aliphatic rings. The van der Waals surface area contributed by atoms with Crippen LogP contribution < -0.4 is 0 Å². The number of fused-ring (bicyclic) bond motifs is 2. The van der Waals surface area contributed by atoms with Gasteiger partial charge in [-0.3, -0.25) is 0 Å². The van der Waals surface area contributed by atoms with E-state index in [1.54, 1.807) is 0 Å². The summed E-state index contributed by atoms with van der Waals surface area (Å²) in [5.41, 5.74) is 2.53. The zero-order valence-electron chi connectivity index (χ0n) is 14.4. The van der Waals surface area contributed by atoms with Gasteiger partial charge in [0.15, 0.2) is 0 Å². The van der Waals surface area contributed by atoms with Crippen LogP contribution in [0.5, 0.6) is 0 Å². The molecule has 3 heteroatoms. The second-order valence-corrected chi connectivity index (χ2v) is 9.61. The Bertz CT molecular complexity index is 864. The molecular weight excluding hydrogens is 435 g/mol. The Labute approximate surface area is 167 Å². The lowest BCUT2D eigenvalue weighted by molar-refractivity contribution is -0.196. The number of alkyl halides is 1. The van der Waals surface area contributed by atoms with E-state index < -0.39 is 5.79 Å². The number of hydrogen-bond acceptors (Lipinski definition) is 2. The molecule has 2 aliphatic heterocycles. The van der Waals surface area contributed by atoms with Crippen LogP contribution in [-0.4, -0.2) is 15.8 Å². The van der Waals surface area contributed by atoms with E-state index in [0.717, 1.165) is 12.2 Å². The van der Waals surface area contributed by atoms with Crippen LogP contribution in [0.1, 0.15) is 17.5 Å². The number of rotatable bonds is 3. The SMILES string of the molecule is I[C@H]1[C@H]2C[C@H]3[C@@H]1O[C@@]1(Cc4ccccc4)O/C(=C\c4ccccc4)[C@H]2[C@@H]31. The predicted octanol–water partition coefficient (Wildman–Crippen LogP) is 5.08. The highest BCUT2D eigenvalue weighted by molar-refractivity contribution is 14.1. The van der Waals surface area contributed by atoms with Crippen LogP contribution in [0.4, 0.5) is 0 Å². The van der Waals surface area contributed by atoms with Crippen LogP contribution >= 0.6 is 22.6 Å². The summed E-state index contributed by atoms with van der Waals surface area (Å²) >= 11 is 2.64. The molecule has 2 nitrogen and oxygen atoms in total. The van der Waals surface area contributed by atoms with E-state index in [-0.39, 0.29) is 0 Å². The quantitative estimate of drug-likeness (QED) is 0.474. The van der Waals surface area contributed by atoms with Crippen molar-refractivity contribution in [1.82, 2.24) is 0 Å². The molecule has 2 bridgehead atoms. The first-order valence-electron chi connectivity index (χ1n) is 9.57. The molecule has 2 saturated carbocycles. The van der Waals surface area contributed by atoms with Crippen molar-refractivity contribution in [3.8, 4) is 0 Å². The fourth-order valence-corrected chi connectivity index (χ4v) is 7.43. The molecule has 0 unspecified atom stereocenters. The van der Waals surface area contributed by atoms with Gasteiger partial charge in [0, 0.05) is 22.2 Å². The van der Waals surface area contributed by atoms with Gasteiger partial charge in [0.05, 0.1) is 6.10 Å². The molecule has 26 heavy (non-hydrogen) atoms. The van der Waals surface area contributed by atoms with Crippen molar-refractivity contribution in [2.24, 2.45) is 23.7 Å². The topological polar surface area (TPSA) is 18.5 Å². The van der Waals surface area contributed by atoms with Gasteiger partial charge in [-0.2, -0.15) is 0 Å². The van der Waals surface area contributed by atoms with Gasteiger partial charge in [-0.25, -0.2) is 0 Å². The number of allylic oxidation sites excluding steroid dienone is 1. The molecule has 2 aromatic rings. The molecule has 2 saturated heterocycles. The molecule has 0 spiro atoms. The third-order valence-corrected chi connectivity index (χ3v) is 8.50. The number of hydrogen-bond donors (Lipinski definition) is 0. The van der Waals surface area contributed by atoms with E-state index >= 15 is 0 Å². The zero-order chi connectivity index (χ0) is 17.3. The number of halogens is 1. The Morgan fingerprint density at radius 3 is 2.50 bits per heavy atom. The molecule has 2 aliphatic carbocycles. The lowest BCUT2D eigenvalue weighted by Crippen LogP contribution is -2.37. The standard InChI is InChI=1S/C23H21IO2/c24-21-16-12-17-20-19(16)18(11-14-7-3-1-4-8-14)25-23(20,26-22(17)21)13-15-9-5-2-6-10-15/h1-11,16-17,19-22H,12-13H2/b18-11-/t16-,17+,19-,20+,21-,22-,23+/m0/s1. The first-order valence-corrected chi connectivity index (χ1v) is 10.8. The highest BCUT2D eigenvalue weighted by Crippen LogP contribution is 2.71. The summed E-state index contributed by atoms with van der Waals surface area (Å²) in [6, 6.07) is 21.3. The average Bonchev–Trinajstić information content (AvgIpc) is 3.34. The minimum Gasteiger partial charge on any atom is -0.466 e. The lowest BCUT2D eigenvalue weighted by Gasteiger charge is -2.30. The highest BCUT2D eigenvalue weighted by Gasteiger charge is 2.75. The van der Waals surface area contributed by atoms with Crippen LogP contribution in [0.25, 0.3) is 6.08 Å². The lowest BCUT2D eigenvalue weighted by atomic mass is 9.76. The maximum atomic E-state index is 6.73. The maximum absolute atomic E-state index is 6.73. The van der Waals surface area contributed by atoms with Crippen molar-refractivity contribution in [2.75, 3.05) is 0 Å². The molecule has 2 aromatic carbocycles. The summed E-state index contributed by atoms with van der Waals surface area (Å²) < 4.78 is 14.0. The van der Waals surface area contributed by atoms with Crippen molar-refractivity contribution in [3.63, 3.8) is 0 Å². The third-order valence-electron chi connectivity index (χ3n) is 6.86. The van der Waals surface area contributed by atoms with Crippen molar-refractivity contribution < 1.29 is 9.47 Å². The summed E-state index contributed by atoms with van der Waals surface area (Å²) in [6.45, 7) is 0. The Balaban J connectivity index is 1.43. The van der Waals surface area contributed by atoms with Crippen molar-refractivity contribution in [3.05, 3.63) is 77.5 Å². The fourth-order valence-electron chi connectivity index (χ4n) is 6.01. The summed E-state index contributed by atoms with van der Waals surface area (Å²) in [6.07, 6.45) is 4.80. The van der Waals surface area contributed by atoms with Crippen molar-refractivity contribution >= 4 is 28.7 Å². The van der Waals surface area contributed by atoms with Crippen LogP contribution in [0, 0.1) is 23.7 Å². The van der Waals surface area contributed by atoms with Crippen LogP contribution in [0.2, 0.25) is 0 Å². The first-order chi connectivity index (χ1) is 12.8. The molecule has 2 heterocycles. The molecule has 4 fully saturated rings. The van der Waals surface area contributed by atoms with Crippen molar-refractivity contribution in [2.45, 2.75) is 28.7 Å². The largest absolute Gasteiger partial charge is 0.466 e. The molecular formula is C23H21IO2. The predicted molar refractivity (Wildman–Crippen MR) is 110 cm³/mol. The van der Waals surface area contributed by atoms with Gasteiger partial charge in [0.2, 0.25) is 5.79 Å². The summed E-state index contributed by atoms with van der Waals surface area (Å²) in [4.78, 5) is 0. The van der Waals surface area contributed by atoms with Crippen LogP contribution in [0.3, 0.4) is 0 Å². The second kappa shape index (κ2) is 5.59. The Morgan fingerprint density at radius 2 is 1.73 bits per heavy atom. The molecule has 0 radical (unpaired) electrons. The number of benzene rings is 2. The van der Waals surface area contributed by atoms with Gasteiger partial charge in [-0.05, 0) is 35.5 Å². The average molecular weight is 456 g/mol. The molecule has 132 valence electrons. The first kappa shape index (κ1) is 15.7. The normalized spacial score (nSPS) is 43.2.